The maximum Gasteiger partial charge on any atom is 0.295 e. The van der Waals surface area contributed by atoms with Gasteiger partial charge in [-0.1, -0.05) is 45.0 Å². The average molecular weight is 245 g/mol. The largest absolute Gasteiger partial charge is 0.295 e. The first-order chi connectivity index (χ1) is 8.30. The molecule has 0 aliphatic carbocycles. The van der Waals surface area contributed by atoms with Crippen molar-refractivity contribution in [1.82, 2.24) is 5.32 Å². The molecule has 1 aromatic rings. The summed E-state index contributed by atoms with van der Waals surface area (Å²) >= 11 is 0. The van der Waals surface area contributed by atoms with E-state index in [1.165, 1.54) is 0 Å². The number of carbonyl (C=O) groups is 3. The SMILES string of the molecule is CC(C)(C)c1ccc(C2C(=O)NC(=O)C2=O)cc1. The van der Waals surface area contributed by atoms with Crippen LogP contribution in [0.15, 0.2) is 24.3 Å². The second kappa shape index (κ2) is 4.05. The molecule has 1 aliphatic heterocycles. The molecule has 0 aromatic heterocycles. The Kier molecular flexibility index (Phi) is 2.81. The minimum Gasteiger partial charge on any atom is -0.289 e. The fourth-order valence-corrected chi connectivity index (χ4v) is 1.97. The second-order valence-corrected chi connectivity index (χ2v) is 5.49. The highest BCUT2D eigenvalue weighted by Crippen LogP contribution is 2.26. The fraction of sp³-hybridized carbons (Fsp3) is 0.357. The number of hydrogen-bond acceptors (Lipinski definition) is 3. The van der Waals surface area contributed by atoms with Crippen LogP contribution in [-0.4, -0.2) is 17.6 Å². The lowest BCUT2D eigenvalue weighted by atomic mass is 9.85. The normalized spacial score (nSPS) is 20.2. The van der Waals surface area contributed by atoms with E-state index in [0.717, 1.165) is 5.56 Å². The topological polar surface area (TPSA) is 63.2 Å². The van der Waals surface area contributed by atoms with Crippen molar-refractivity contribution in [2.75, 3.05) is 0 Å². The van der Waals surface area contributed by atoms with E-state index in [9.17, 15) is 14.4 Å². The lowest BCUT2D eigenvalue weighted by Gasteiger charge is -2.19. The summed E-state index contributed by atoms with van der Waals surface area (Å²) < 4.78 is 0. The Morgan fingerprint density at radius 2 is 1.56 bits per heavy atom. The van der Waals surface area contributed by atoms with Crippen molar-refractivity contribution in [3.05, 3.63) is 35.4 Å². The molecule has 1 heterocycles. The lowest BCUT2D eigenvalue weighted by molar-refractivity contribution is -0.135. The average Bonchev–Trinajstić information content (AvgIpc) is 2.52. The molecule has 1 saturated heterocycles. The van der Waals surface area contributed by atoms with E-state index in [0.29, 0.717) is 5.56 Å². The smallest absolute Gasteiger partial charge is 0.289 e. The van der Waals surface area contributed by atoms with Gasteiger partial charge in [0.2, 0.25) is 11.7 Å². The molecule has 2 amide bonds. The number of nitrogens with one attached hydrogen (secondary N) is 1. The van der Waals surface area contributed by atoms with Gasteiger partial charge in [0.25, 0.3) is 5.91 Å². The van der Waals surface area contributed by atoms with Crippen LogP contribution in [-0.2, 0) is 19.8 Å². The molecular formula is C14H15NO3. The molecule has 18 heavy (non-hydrogen) atoms. The highest BCUT2D eigenvalue weighted by molar-refractivity contribution is 6.50. The van der Waals surface area contributed by atoms with Gasteiger partial charge in [-0.05, 0) is 16.5 Å². The van der Waals surface area contributed by atoms with Crippen molar-refractivity contribution in [2.45, 2.75) is 32.1 Å². The van der Waals surface area contributed by atoms with Crippen LogP contribution in [0.25, 0.3) is 0 Å². The summed E-state index contributed by atoms with van der Waals surface area (Å²) in [7, 11) is 0. The number of Topliss-reactive ketones (excluding diaryl/α,β-unsaturated/α-hetero) is 1. The van der Waals surface area contributed by atoms with E-state index in [1.54, 1.807) is 12.1 Å². The quantitative estimate of drug-likeness (QED) is 0.460. The maximum atomic E-state index is 11.6. The third-order valence-corrected chi connectivity index (χ3v) is 3.09. The van der Waals surface area contributed by atoms with Gasteiger partial charge in [0.1, 0.15) is 5.92 Å². The molecule has 0 saturated carbocycles. The molecular weight excluding hydrogens is 230 g/mol. The summed E-state index contributed by atoms with van der Waals surface area (Å²) in [6.07, 6.45) is 0. The Morgan fingerprint density at radius 3 is 1.94 bits per heavy atom. The highest BCUT2D eigenvalue weighted by atomic mass is 16.2. The molecule has 0 radical (unpaired) electrons. The van der Waals surface area contributed by atoms with E-state index in [1.807, 2.05) is 17.4 Å². The molecule has 1 unspecified atom stereocenters. The summed E-state index contributed by atoms with van der Waals surface area (Å²) in [5.74, 6) is -3.01. The number of ketones is 1. The summed E-state index contributed by atoms with van der Waals surface area (Å²) in [6.45, 7) is 6.25. The zero-order chi connectivity index (χ0) is 13.5. The molecule has 4 heteroatoms. The summed E-state index contributed by atoms with van der Waals surface area (Å²) in [5, 5.41) is 2.03. The molecule has 1 aromatic carbocycles. The monoisotopic (exact) mass is 245 g/mol. The number of benzene rings is 1. The minimum atomic E-state index is -0.980. The van der Waals surface area contributed by atoms with Gasteiger partial charge in [-0.2, -0.15) is 0 Å². The number of rotatable bonds is 1. The Bertz CT molecular complexity index is 523. The predicted molar refractivity (Wildman–Crippen MR) is 66.0 cm³/mol. The predicted octanol–water partition coefficient (Wildman–Crippen LogP) is 1.29. The van der Waals surface area contributed by atoms with Crippen molar-refractivity contribution in [2.24, 2.45) is 0 Å². The fourth-order valence-electron chi connectivity index (χ4n) is 1.97. The molecule has 0 spiro atoms. The van der Waals surface area contributed by atoms with Gasteiger partial charge in [-0.15, -0.1) is 0 Å². The third kappa shape index (κ3) is 2.06. The summed E-state index contributed by atoms with van der Waals surface area (Å²) in [6, 6.07) is 7.25. The van der Waals surface area contributed by atoms with Crippen molar-refractivity contribution in [3.63, 3.8) is 0 Å². The van der Waals surface area contributed by atoms with Crippen LogP contribution in [0.5, 0.6) is 0 Å². The van der Waals surface area contributed by atoms with Crippen LogP contribution in [0.4, 0.5) is 0 Å². The first kappa shape index (κ1) is 12.5. The second-order valence-electron chi connectivity index (χ2n) is 5.49. The summed E-state index contributed by atoms with van der Waals surface area (Å²) in [5.41, 5.74) is 1.69. The third-order valence-electron chi connectivity index (χ3n) is 3.09. The van der Waals surface area contributed by atoms with E-state index in [4.69, 9.17) is 0 Å². The molecule has 1 aliphatic rings. The van der Waals surface area contributed by atoms with Gasteiger partial charge < -0.3 is 0 Å². The van der Waals surface area contributed by atoms with Crippen LogP contribution >= 0.6 is 0 Å². The minimum absolute atomic E-state index is 0.0102. The molecule has 2 rings (SSSR count). The molecule has 1 atom stereocenters. The van der Waals surface area contributed by atoms with E-state index in [-0.39, 0.29) is 5.41 Å². The van der Waals surface area contributed by atoms with Crippen molar-refractivity contribution >= 4 is 17.6 Å². The lowest BCUT2D eigenvalue weighted by Crippen LogP contribution is -2.22. The number of carbonyl (C=O) groups excluding carboxylic acids is 3. The van der Waals surface area contributed by atoms with Crippen LogP contribution in [0, 0.1) is 0 Å². The van der Waals surface area contributed by atoms with Crippen molar-refractivity contribution < 1.29 is 14.4 Å². The summed E-state index contributed by atoms with van der Waals surface area (Å²) in [4.78, 5) is 34.2. The zero-order valence-electron chi connectivity index (χ0n) is 10.6. The molecule has 94 valence electrons. The van der Waals surface area contributed by atoms with Gasteiger partial charge in [0.05, 0.1) is 0 Å². The number of hydrogen-bond donors (Lipinski definition) is 1. The highest BCUT2D eigenvalue weighted by Gasteiger charge is 2.41. The van der Waals surface area contributed by atoms with Crippen molar-refractivity contribution in [3.8, 4) is 0 Å². The van der Waals surface area contributed by atoms with Crippen molar-refractivity contribution in [1.29, 1.82) is 0 Å². The zero-order valence-corrected chi connectivity index (χ0v) is 10.6. The molecule has 1 N–H and O–H groups in total. The maximum absolute atomic E-state index is 11.6. The first-order valence-corrected chi connectivity index (χ1v) is 5.80. The van der Waals surface area contributed by atoms with Crippen LogP contribution in [0.1, 0.15) is 37.8 Å². The van der Waals surface area contributed by atoms with Gasteiger partial charge in [0, 0.05) is 0 Å². The first-order valence-electron chi connectivity index (χ1n) is 5.80. The standard InChI is InChI=1S/C14H15NO3/c1-14(2,3)9-6-4-8(5-7-9)10-11(16)13(18)15-12(10)17/h4-7,10H,1-3H3,(H,15,17,18). The Labute approximate surface area is 105 Å². The van der Waals surface area contributed by atoms with E-state index < -0.39 is 23.5 Å². The van der Waals surface area contributed by atoms with Crippen LogP contribution < -0.4 is 5.32 Å². The van der Waals surface area contributed by atoms with Gasteiger partial charge >= 0.3 is 0 Å². The number of amides is 2. The van der Waals surface area contributed by atoms with Crippen LogP contribution in [0.2, 0.25) is 0 Å². The van der Waals surface area contributed by atoms with Gasteiger partial charge in [-0.3, -0.25) is 19.7 Å². The Morgan fingerprint density at radius 1 is 1.00 bits per heavy atom. The molecule has 1 fully saturated rings. The van der Waals surface area contributed by atoms with Gasteiger partial charge in [-0.25, -0.2) is 0 Å². The molecule has 4 nitrogen and oxygen atoms in total. The van der Waals surface area contributed by atoms with E-state index >= 15 is 0 Å². The molecule has 0 bridgehead atoms. The van der Waals surface area contributed by atoms with E-state index in [2.05, 4.69) is 20.8 Å². The Balaban J connectivity index is 2.33. The van der Waals surface area contributed by atoms with Crippen LogP contribution in [0.3, 0.4) is 0 Å². The number of imide groups is 1. The Hall–Kier alpha value is -1.97. The van der Waals surface area contributed by atoms with Gasteiger partial charge in [0.15, 0.2) is 0 Å².